The number of aromatic amines is 1. The Labute approximate surface area is 159 Å². The van der Waals surface area contributed by atoms with Crippen LogP contribution < -0.4 is 10.9 Å². The summed E-state index contributed by atoms with van der Waals surface area (Å²) in [6, 6.07) is 3.54. The number of nitrogens with zero attached hydrogens (tertiary/aromatic N) is 3. The fourth-order valence-corrected chi connectivity index (χ4v) is 3.80. The molecular weight excluding hydrogens is 370 g/mol. The largest absolute Gasteiger partial charge is 0.383 e. The molecule has 1 atom stereocenters. The predicted octanol–water partition coefficient (Wildman–Crippen LogP) is 2.36. The second-order valence-corrected chi connectivity index (χ2v) is 7.63. The number of H-pyrrole nitrogens is 1. The molecular formula is C17H19N5O2S2. The van der Waals surface area contributed by atoms with Crippen LogP contribution in [0.4, 0.5) is 5.95 Å². The first-order chi connectivity index (χ1) is 12.6. The number of rotatable bonds is 8. The Morgan fingerprint density at radius 2 is 2.27 bits per heavy atom. The number of aliphatic hydroxyl groups is 1. The van der Waals surface area contributed by atoms with Gasteiger partial charge in [0.1, 0.15) is 11.1 Å². The van der Waals surface area contributed by atoms with E-state index in [9.17, 15) is 9.90 Å². The standard InChI is InChI=1S/C17H19N5O2S2/c1-11-2-3-12(8-20-11)15(23)13-9-21-17(22-16(13)24)19-4-6-25-10-14-18-5-7-26-14/h2-3,5,7-9,15,23H,4,6,10H2,1H3,(H2,19,21,22,24). The highest BCUT2D eigenvalue weighted by Crippen LogP contribution is 2.18. The van der Waals surface area contributed by atoms with Crippen molar-refractivity contribution in [2.45, 2.75) is 18.8 Å². The second kappa shape index (κ2) is 8.93. The van der Waals surface area contributed by atoms with Crippen LogP contribution in [0, 0.1) is 6.92 Å². The monoisotopic (exact) mass is 389 g/mol. The number of nitrogens with one attached hydrogen (secondary N) is 2. The van der Waals surface area contributed by atoms with E-state index in [1.165, 1.54) is 6.20 Å². The van der Waals surface area contributed by atoms with Gasteiger partial charge < -0.3 is 15.4 Å². The van der Waals surface area contributed by atoms with E-state index in [4.69, 9.17) is 0 Å². The molecule has 3 heterocycles. The Bertz CT molecular complexity index is 881. The highest BCUT2D eigenvalue weighted by molar-refractivity contribution is 7.98. The number of hydrogen-bond acceptors (Lipinski definition) is 8. The van der Waals surface area contributed by atoms with Crippen molar-refractivity contribution in [1.29, 1.82) is 0 Å². The molecule has 0 aliphatic rings. The van der Waals surface area contributed by atoms with Crippen molar-refractivity contribution in [2.75, 3.05) is 17.6 Å². The summed E-state index contributed by atoms with van der Waals surface area (Å²) in [7, 11) is 0. The fourth-order valence-electron chi connectivity index (χ4n) is 2.24. The smallest absolute Gasteiger partial charge is 0.280 e. The van der Waals surface area contributed by atoms with Crippen molar-refractivity contribution in [3.8, 4) is 0 Å². The number of aliphatic hydroxyl groups excluding tert-OH is 1. The first-order valence-electron chi connectivity index (χ1n) is 8.03. The summed E-state index contributed by atoms with van der Waals surface area (Å²) in [4.78, 5) is 27.5. The van der Waals surface area contributed by atoms with Gasteiger partial charge in [-0.3, -0.25) is 9.78 Å². The summed E-state index contributed by atoms with van der Waals surface area (Å²) in [5, 5.41) is 16.5. The van der Waals surface area contributed by atoms with Gasteiger partial charge in [-0.05, 0) is 13.0 Å². The summed E-state index contributed by atoms with van der Waals surface area (Å²) < 4.78 is 0. The van der Waals surface area contributed by atoms with Crippen molar-refractivity contribution in [3.63, 3.8) is 0 Å². The predicted molar refractivity (Wildman–Crippen MR) is 105 cm³/mol. The van der Waals surface area contributed by atoms with Gasteiger partial charge in [-0.1, -0.05) is 6.07 Å². The fraction of sp³-hybridized carbons (Fsp3) is 0.294. The van der Waals surface area contributed by atoms with Crippen molar-refractivity contribution in [2.24, 2.45) is 0 Å². The number of pyridine rings is 1. The van der Waals surface area contributed by atoms with Crippen LogP contribution in [0.25, 0.3) is 0 Å². The number of thioether (sulfide) groups is 1. The van der Waals surface area contributed by atoms with Crippen LogP contribution in [0.2, 0.25) is 0 Å². The molecule has 0 radical (unpaired) electrons. The molecule has 3 aromatic heterocycles. The average Bonchev–Trinajstić information content (AvgIpc) is 3.15. The van der Waals surface area contributed by atoms with Gasteiger partial charge in [0, 0.05) is 53.3 Å². The highest BCUT2D eigenvalue weighted by atomic mass is 32.2. The summed E-state index contributed by atoms with van der Waals surface area (Å²) >= 11 is 3.40. The average molecular weight is 390 g/mol. The van der Waals surface area contributed by atoms with Crippen LogP contribution in [0.5, 0.6) is 0 Å². The van der Waals surface area contributed by atoms with Gasteiger partial charge in [0.05, 0.1) is 5.56 Å². The Kier molecular flexibility index (Phi) is 6.37. The third-order valence-corrected chi connectivity index (χ3v) is 5.55. The lowest BCUT2D eigenvalue weighted by molar-refractivity contribution is 0.217. The molecule has 0 saturated carbocycles. The lowest BCUT2D eigenvalue weighted by Gasteiger charge is -2.11. The normalized spacial score (nSPS) is 12.1. The molecule has 3 rings (SSSR count). The molecule has 0 aliphatic carbocycles. The third kappa shape index (κ3) is 4.90. The summed E-state index contributed by atoms with van der Waals surface area (Å²) in [6.07, 6.45) is 3.80. The zero-order chi connectivity index (χ0) is 18.4. The minimum absolute atomic E-state index is 0.194. The number of anilines is 1. The molecule has 0 spiro atoms. The van der Waals surface area contributed by atoms with E-state index < -0.39 is 11.7 Å². The van der Waals surface area contributed by atoms with Crippen LogP contribution in [0.1, 0.15) is 27.9 Å². The van der Waals surface area contributed by atoms with E-state index in [0.717, 1.165) is 22.2 Å². The number of aromatic nitrogens is 4. The van der Waals surface area contributed by atoms with Crippen LogP contribution in [-0.2, 0) is 5.75 Å². The van der Waals surface area contributed by atoms with E-state index in [-0.39, 0.29) is 5.56 Å². The third-order valence-electron chi connectivity index (χ3n) is 3.62. The maximum absolute atomic E-state index is 12.2. The van der Waals surface area contributed by atoms with Gasteiger partial charge >= 0.3 is 0 Å². The highest BCUT2D eigenvalue weighted by Gasteiger charge is 2.15. The number of hydrogen-bond donors (Lipinski definition) is 3. The number of aryl methyl sites for hydroxylation is 1. The lowest BCUT2D eigenvalue weighted by atomic mass is 10.1. The minimum Gasteiger partial charge on any atom is -0.383 e. The molecule has 1 unspecified atom stereocenters. The first-order valence-corrected chi connectivity index (χ1v) is 10.1. The maximum atomic E-state index is 12.2. The van der Waals surface area contributed by atoms with Gasteiger partial charge in [-0.2, -0.15) is 16.7 Å². The van der Waals surface area contributed by atoms with Crippen molar-refractivity contribution in [1.82, 2.24) is 19.9 Å². The SMILES string of the molecule is Cc1ccc(C(O)c2c[nH]c(NCCSCc3nccs3)nc2=O)cn1. The van der Waals surface area contributed by atoms with Gasteiger partial charge in [-0.15, -0.1) is 11.3 Å². The zero-order valence-electron chi connectivity index (χ0n) is 14.2. The second-order valence-electron chi connectivity index (χ2n) is 5.55. The van der Waals surface area contributed by atoms with Crippen molar-refractivity contribution in [3.05, 3.63) is 68.3 Å². The van der Waals surface area contributed by atoms with Crippen molar-refractivity contribution >= 4 is 29.0 Å². The van der Waals surface area contributed by atoms with Gasteiger partial charge in [0.2, 0.25) is 5.95 Å². The molecule has 7 nitrogen and oxygen atoms in total. The zero-order valence-corrected chi connectivity index (χ0v) is 15.8. The lowest BCUT2D eigenvalue weighted by Crippen LogP contribution is -2.20. The molecule has 0 saturated heterocycles. The summed E-state index contributed by atoms with van der Waals surface area (Å²) in [5.41, 5.74) is 1.14. The molecule has 0 aromatic carbocycles. The first kappa shape index (κ1) is 18.6. The van der Waals surface area contributed by atoms with Crippen LogP contribution in [0.3, 0.4) is 0 Å². The van der Waals surface area contributed by atoms with E-state index in [1.807, 2.05) is 12.3 Å². The van der Waals surface area contributed by atoms with Gasteiger partial charge in [-0.25, -0.2) is 4.98 Å². The Morgan fingerprint density at radius 3 is 2.96 bits per heavy atom. The van der Waals surface area contributed by atoms with Gasteiger partial charge in [0.15, 0.2) is 0 Å². The van der Waals surface area contributed by atoms with Crippen LogP contribution >= 0.6 is 23.1 Å². The molecule has 3 aromatic rings. The molecule has 0 aliphatic heterocycles. The topological polar surface area (TPSA) is 104 Å². The summed E-state index contributed by atoms with van der Waals surface area (Å²) in [6.45, 7) is 2.53. The molecule has 0 amide bonds. The summed E-state index contributed by atoms with van der Waals surface area (Å²) in [5.74, 6) is 2.13. The van der Waals surface area contributed by atoms with Gasteiger partial charge in [0.25, 0.3) is 5.56 Å². The van der Waals surface area contributed by atoms with Crippen molar-refractivity contribution < 1.29 is 5.11 Å². The molecule has 9 heteroatoms. The van der Waals surface area contributed by atoms with E-state index >= 15 is 0 Å². The molecule has 26 heavy (non-hydrogen) atoms. The Balaban J connectivity index is 1.53. The van der Waals surface area contributed by atoms with E-state index in [1.54, 1.807) is 47.6 Å². The number of thiazole rings is 1. The van der Waals surface area contributed by atoms with Crippen LogP contribution in [-0.4, -0.2) is 37.3 Å². The van der Waals surface area contributed by atoms with E-state index in [2.05, 4.69) is 25.3 Å². The maximum Gasteiger partial charge on any atom is 0.280 e. The Morgan fingerprint density at radius 1 is 1.38 bits per heavy atom. The van der Waals surface area contributed by atoms with E-state index in [0.29, 0.717) is 18.1 Å². The molecule has 136 valence electrons. The Hall–Kier alpha value is -2.23. The molecule has 3 N–H and O–H groups in total. The molecule has 0 bridgehead atoms. The molecule has 0 fully saturated rings. The minimum atomic E-state index is -1.05. The van der Waals surface area contributed by atoms with Crippen LogP contribution in [0.15, 0.2) is 40.9 Å². The quantitative estimate of drug-likeness (QED) is 0.508.